The Bertz CT molecular complexity index is 539. The van der Waals surface area contributed by atoms with Gasteiger partial charge in [0.15, 0.2) is 0 Å². The molecule has 0 bridgehead atoms. The van der Waals surface area contributed by atoms with E-state index in [0.717, 1.165) is 47.3 Å². The molecule has 2 aromatic heterocycles. The first kappa shape index (κ1) is 14.0. The van der Waals surface area contributed by atoms with Crippen molar-refractivity contribution >= 4 is 11.3 Å². The summed E-state index contributed by atoms with van der Waals surface area (Å²) >= 11 is 1.70. The van der Waals surface area contributed by atoms with Crippen LogP contribution < -0.4 is 10.1 Å². The van der Waals surface area contributed by atoms with E-state index in [9.17, 15) is 0 Å². The third-order valence-electron chi connectivity index (χ3n) is 2.75. The van der Waals surface area contributed by atoms with Crippen molar-refractivity contribution in [2.24, 2.45) is 0 Å². The van der Waals surface area contributed by atoms with Gasteiger partial charge in [0.25, 0.3) is 0 Å². The van der Waals surface area contributed by atoms with Crippen LogP contribution in [0.3, 0.4) is 0 Å². The predicted octanol–water partition coefficient (Wildman–Crippen LogP) is 2.50. The van der Waals surface area contributed by atoms with E-state index in [1.165, 1.54) is 0 Å². The van der Waals surface area contributed by atoms with Gasteiger partial charge in [-0.1, -0.05) is 0 Å². The molecule has 0 saturated carbocycles. The summed E-state index contributed by atoms with van der Waals surface area (Å²) < 4.78 is 5.24. The first-order valence-corrected chi connectivity index (χ1v) is 7.18. The van der Waals surface area contributed by atoms with Crippen LogP contribution in [0.25, 0.3) is 0 Å². The zero-order valence-electron chi connectivity index (χ0n) is 11.6. The second-order valence-corrected chi connectivity index (χ2v) is 5.49. The van der Waals surface area contributed by atoms with Gasteiger partial charge in [-0.25, -0.2) is 4.98 Å². The number of aryl methyl sites for hydroxylation is 2. The second kappa shape index (κ2) is 6.63. The summed E-state index contributed by atoms with van der Waals surface area (Å²) in [6.45, 7) is 5.66. The molecule has 5 heteroatoms. The molecule has 0 aliphatic heterocycles. The molecule has 0 spiro atoms. The first-order chi connectivity index (χ1) is 9.17. The lowest BCUT2D eigenvalue weighted by atomic mass is 10.3. The highest BCUT2D eigenvalue weighted by atomic mass is 32.1. The average molecular weight is 277 g/mol. The van der Waals surface area contributed by atoms with Crippen molar-refractivity contribution in [1.29, 1.82) is 0 Å². The van der Waals surface area contributed by atoms with Gasteiger partial charge in [0, 0.05) is 42.7 Å². The Morgan fingerprint density at radius 1 is 1.21 bits per heavy atom. The van der Waals surface area contributed by atoms with Gasteiger partial charge in [-0.05, 0) is 13.8 Å². The van der Waals surface area contributed by atoms with E-state index in [2.05, 4.69) is 20.7 Å². The standard InChI is InChI=1S/C14H19N3OS/c1-10-6-14(18-3)7-13(16-10)8-15-5-4-12-9-19-11(2)17-12/h6-7,9,15H,4-5,8H2,1-3H3. The van der Waals surface area contributed by atoms with Crippen LogP contribution in [0, 0.1) is 13.8 Å². The molecule has 0 aromatic carbocycles. The van der Waals surface area contributed by atoms with Crippen molar-refractivity contribution < 1.29 is 4.74 Å². The van der Waals surface area contributed by atoms with E-state index in [1.54, 1.807) is 18.4 Å². The van der Waals surface area contributed by atoms with Crippen LogP contribution in [0.2, 0.25) is 0 Å². The number of thiazole rings is 1. The zero-order valence-corrected chi connectivity index (χ0v) is 12.4. The SMILES string of the molecule is COc1cc(C)nc(CNCCc2csc(C)n2)c1. The van der Waals surface area contributed by atoms with Crippen molar-refractivity contribution in [3.8, 4) is 5.75 Å². The number of methoxy groups -OCH3 is 1. The summed E-state index contributed by atoms with van der Waals surface area (Å²) in [7, 11) is 1.68. The quantitative estimate of drug-likeness (QED) is 0.824. The van der Waals surface area contributed by atoms with Crippen LogP contribution in [-0.2, 0) is 13.0 Å². The summed E-state index contributed by atoms with van der Waals surface area (Å²) in [6, 6.07) is 3.90. The number of rotatable bonds is 6. The highest BCUT2D eigenvalue weighted by Crippen LogP contribution is 2.13. The number of aromatic nitrogens is 2. The van der Waals surface area contributed by atoms with E-state index < -0.39 is 0 Å². The minimum absolute atomic E-state index is 0.751. The molecular formula is C14H19N3OS. The molecule has 2 aromatic rings. The van der Waals surface area contributed by atoms with Gasteiger partial charge in [-0.3, -0.25) is 4.98 Å². The molecular weight excluding hydrogens is 258 g/mol. The Hall–Kier alpha value is -1.46. The molecule has 2 heterocycles. The zero-order chi connectivity index (χ0) is 13.7. The lowest BCUT2D eigenvalue weighted by Crippen LogP contribution is -2.17. The van der Waals surface area contributed by atoms with Crippen molar-refractivity contribution in [3.05, 3.63) is 39.6 Å². The van der Waals surface area contributed by atoms with Gasteiger partial charge in [0.2, 0.25) is 0 Å². The molecule has 0 aliphatic carbocycles. The van der Waals surface area contributed by atoms with Crippen molar-refractivity contribution in [1.82, 2.24) is 15.3 Å². The maximum atomic E-state index is 5.24. The predicted molar refractivity (Wildman–Crippen MR) is 77.8 cm³/mol. The molecule has 0 unspecified atom stereocenters. The number of hydrogen-bond donors (Lipinski definition) is 1. The van der Waals surface area contributed by atoms with Crippen molar-refractivity contribution in [2.75, 3.05) is 13.7 Å². The molecule has 0 radical (unpaired) electrons. The molecule has 4 nitrogen and oxygen atoms in total. The summed E-state index contributed by atoms with van der Waals surface area (Å²) in [5.41, 5.74) is 3.14. The summed E-state index contributed by atoms with van der Waals surface area (Å²) in [4.78, 5) is 8.91. The van der Waals surface area contributed by atoms with E-state index in [0.29, 0.717) is 0 Å². The van der Waals surface area contributed by atoms with Gasteiger partial charge >= 0.3 is 0 Å². The summed E-state index contributed by atoms with van der Waals surface area (Å²) in [5.74, 6) is 0.861. The van der Waals surface area contributed by atoms with Gasteiger partial charge in [0.05, 0.1) is 23.5 Å². The minimum atomic E-state index is 0.751. The maximum Gasteiger partial charge on any atom is 0.122 e. The second-order valence-electron chi connectivity index (χ2n) is 4.42. The number of nitrogens with one attached hydrogen (secondary N) is 1. The molecule has 0 saturated heterocycles. The molecule has 0 aliphatic rings. The minimum Gasteiger partial charge on any atom is -0.497 e. The Labute approximate surface area is 117 Å². The number of hydrogen-bond acceptors (Lipinski definition) is 5. The average Bonchev–Trinajstić information content (AvgIpc) is 2.80. The van der Waals surface area contributed by atoms with Crippen LogP contribution in [0.4, 0.5) is 0 Å². The summed E-state index contributed by atoms with van der Waals surface area (Å²) in [5, 5.41) is 6.63. The molecule has 19 heavy (non-hydrogen) atoms. The van der Waals surface area contributed by atoms with E-state index in [1.807, 2.05) is 26.0 Å². The number of ether oxygens (including phenoxy) is 1. The lowest BCUT2D eigenvalue weighted by molar-refractivity contribution is 0.412. The fourth-order valence-corrected chi connectivity index (χ4v) is 2.51. The topological polar surface area (TPSA) is 47.0 Å². The molecule has 0 fully saturated rings. The Kier molecular flexibility index (Phi) is 4.87. The molecule has 102 valence electrons. The highest BCUT2D eigenvalue weighted by Gasteiger charge is 2.01. The molecule has 0 amide bonds. The molecule has 2 rings (SSSR count). The smallest absolute Gasteiger partial charge is 0.122 e. The lowest BCUT2D eigenvalue weighted by Gasteiger charge is -2.07. The van der Waals surface area contributed by atoms with Crippen molar-refractivity contribution in [2.45, 2.75) is 26.8 Å². The van der Waals surface area contributed by atoms with Gasteiger partial charge in [-0.15, -0.1) is 11.3 Å². The van der Waals surface area contributed by atoms with E-state index in [-0.39, 0.29) is 0 Å². The van der Waals surface area contributed by atoms with E-state index >= 15 is 0 Å². The monoisotopic (exact) mass is 277 g/mol. The summed E-state index contributed by atoms with van der Waals surface area (Å²) in [6.07, 6.45) is 0.952. The van der Waals surface area contributed by atoms with Crippen molar-refractivity contribution in [3.63, 3.8) is 0 Å². The van der Waals surface area contributed by atoms with Gasteiger partial charge in [-0.2, -0.15) is 0 Å². The fourth-order valence-electron chi connectivity index (χ4n) is 1.87. The highest BCUT2D eigenvalue weighted by molar-refractivity contribution is 7.09. The third-order valence-corrected chi connectivity index (χ3v) is 3.57. The Morgan fingerprint density at radius 2 is 2.05 bits per heavy atom. The number of pyridine rings is 1. The number of nitrogens with zero attached hydrogens (tertiary/aromatic N) is 2. The van der Waals surface area contributed by atoms with Gasteiger partial charge < -0.3 is 10.1 Å². The fraction of sp³-hybridized carbons (Fsp3) is 0.429. The van der Waals surface area contributed by atoms with Crippen LogP contribution in [-0.4, -0.2) is 23.6 Å². The third kappa shape index (κ3) is 4.29. The van der Waals surface area contributed by atoms with Crippen LogP contribution in [0.1, 0.15) is 22.1 Å². The Balaban J connectivity index is 1.80. The largest absolute Gasteiger partial charge is 0.497 e. The first-order valence-electron chi connectivity index (χ1n) is 6.30. The normalized spacial score (nSPS) is 10.7. The van der Waals surface area contributed by atoms with Crippen LogP contribution in [0.15, 0.2) is 17.5 Å². The molecule has 0 atom stereocenters. The molecule has 1 N–H and O–H groups in total. The van der Waals surface area contributed by atoms with E-state index in [4.69, 9.17) is 4.74 Å². The van der Waals surface area contributed by atoms with Gasteiger partial charge in [0.1, 0.15) is 5.75 Å². The van der Waals surface area contributed by atoms with Crippen LogP contribution >= 0.6 is 11.3 Å². The van der Waals surface area contributed by atoms with Crippen LogP contribution in [0.5, 0.6) is 5.75 Å². The Morgan fingerprint density at radius 3 is 2.74 bits per heavy atom. The maximum absolute atomic E-state index is 5.24.